The number of hydrogen-bond acceptors (Lipinski definition) is 2. The standard InChI is InChI=1S/C13H22O2/c1-5-7-8-11(3)9-12(4)10-15-13(14)6-2/h5,7,9,12H,6,8,10H2,1-4H3/b7-5+,11-9+. The van der Waals surface area contributed by atoms with Gasteiger partial charge < -0.3 is 4.74 Å². The Kier molecular flexibility index (Phi) is 7.69. The molecule has 1 unspecified atom stereocenters. The second-order valence-corrected chi connectivity index (χ2v) is 3.80. The van der Waals surface area contributed by atoms with Crippen molar-refractivity contribution in [3.8, 4) is 0 Å². The second-order valence-electron chi connectivity index (χ2n) is 3.80. The van der Waals surface area contributed by atoms with Crippen LogP contribution in [0.1, 0.15) is 40.5 Å². The van der Waals surface area contributed by atoms with Gasteiger partial charge in [-0.15, -0.1) is 0 Å². The molecular weight excluding hydrogens is 188 g/mol. The maximum absolute atomic E-state index is 10.9. The smallest absolute Gasteiger partial charge is 0.305 e. The molecule has 0 aliphatic rings. The van der Waals surface area contributed by atoms with Gasteiger partial charge in [0.25, 0.3) is 0 Å². The Morgan fingerprint density at radius 3 is 2.67 bits per heavy atom. The lowest BCUT2D eigenvalue weighted by Crippen LogP contribution is -2.09. The third-order valence-electron chi connectivity index (χ3n) is 2.04. The van der Waals surface area contributed by atoms with Gasteiger partial charge in [0.15, 0.2) is 0 Å². The first-order chi connectivity index (χ1) is 7.10. The number of hydrogen-bond donors (Lipinski definition) is 0. The zero-order valence-corrected chi connectivity index (χ0v) is 10.2. The summed E-state index contributed by atoms with van der Waals surface area (Å²) < 4.78 is 5.06. The molecule has 0 heterocycles. The van der Waals surface area contributed by atoms with Crippen molar-refractivity contribution in [2.75, 3.05) is 6.61 Å². The third kappa shape index (κ3) is 7.98. The summed E-state index contributed by atoms with van der Waals surface area (Å²) in [6, 6.07) is 0. The summed E-state index contributed by atoms with van der Waals surface area (Å²) in [5.74, 6) is 0.173. The van der Waals surface area contributed by atoms with E-state index in [0.29, 0.717) is 18.9 Å². The molecule has 0 radical (unpaired) electrons. The predicted molar refractivity (Wildman–Crippen MR) is 63.6 cm³/mol. The molecule has 2 nitrogen and oxygen atoms in total. The molecular formula is C13H22O2. The summed E-state index contributed by atoms with van der Waals surface area (Å²) in [6.07, 6.45) is 7.75. The first-order valence-electron chi connectivity index (χ1n) is 5.54. The van der Waals surface area contributed by atoms with Gasteiger partial charge in [-0.1, -0.05) is 37.6 Å². The van der Waals surface area contributed by atoms with E-state index in [4.69, 9.17) is 4.74 Å². The number of allylic oxidation sites excluding steroid dienone is 3. The van der Waals surface area contributed by atoms with E-state index in [2.05, 4.69) is 26.0 Å². The number of esters is 1. The van der Waals surface area contributed by atoms with Gasteiger partial charge in [-0.25, -0.2) is 0 Å². The molecule has 0 bridgehead atoms. The molecule has 15 heavy (non-hydrogen) atoms. The van der Waals surface area contributed by atoms with Crippen LogP contribution >= 0.6 is 0 Å². The highest BCUT2D eigenvalue weighted by Crippen LogP contribution is 2.08. The molecule has 0 amide bonds. The van der Waals surface area contributed by atoms with Crippen molar-refractivity contribution in [1.82, 2.24) is 0 Å². The van der Waals surface area contributed by atoms with Crippen molar-refractivity contribution in [2.24, 2.45) is 5.92 Å². The molecule has 0 N–H and O–H groups in total. The van der Waals surface area contributed by atoms with Crippen molar-refractivity contribution in [1.29, 1.82) is 0 Å². The molecule has 2 heteroatoms. The predicted octanol–water partition coefficient (Wildman–Crippen LogP) is 3.49. The lowest BCUT2D eigenvalue weighted by atomic mass is 10.1. The van der Waals surface area contributed by atoms with Gasteiger partial charge in [-0.2, -0.15) is 0 Å². The van der Waals surface area contributed by atoms with E-state index in [1.165, 1.54) is 5.57 Å². The van der Waals surface area contributed by atoms with Crippen LogP contribution in [0.25, 0.3) is 0 Å². The van der Waals surface area contributed by atoms with Gasteiger partial charge in [0.05, 0.1) is 6.61 Å². The summed E-state index contributed by atoms with van der Waals surface area (Å²) in [5, 5.41) is 0. The molecule has 0 saturated carbocycles. The number of carbonyl (C=O) groups is 1. The highest BCUT2D eigenvalue weighted by Gasteiger charge is 2.03. The molecule has 0 aliphatic carbocycles. The Bertz CT molecular complexity index is 239. The SMILES string of the molecule is C/C=C/C/C(C)=C/C(C)COC(=O)CC. The number of carbonyl (C=O) groups excluding carboxylic acids is 1. The molecule has 0 fully saturated rings. The summed E-state index contributed by atoms with van der Waals surface area (Å²) in [6.45, 7) is 8.46. The molecule has 1 atom stereocenters. The Hall–Kier alpha value is -1.05. The van der Waals surface area contributed by atoms with Crippen LogP contribution in [0, 0.1) is 5.92 Å². The normalized spacial score (nSPS) is 14.3. The van der Waals surface area contributed by atoms with Gasteiger partial charge >= 0.3 is 5.97 Å². The lowest BCUT2D eigenvalue weighted by molar-refractivity contribution is -0.144. The van der Waals surface area contributed by atoms with E-state index in [9.17, 15) is 4.79 Å². The van der Waals surface area contributed by atoms with Crippen molar-refractivity contribution in [3.05, 3.63) is 23.8 Å². The van der Waals surface area contributed by atoms with Crippen LogP contribution < -0.4 is 0 Å². The average molecular weight is 210 g/mol. The molecule has 0 aromatic carbocycles. The Morgan fingerprint density at radius 2 is 2.13 bits per heavy atom. The molecule has 0 saturated heterocycles. The van der Waals surface area contributed by atoms with Crippen molar-refractivity contribution in [2.45, 2.75) is 40.5 Å². The monoisotopic (exact) mass is 210 g/mol. The average Bonchev–Trinajstić information content (AvgIpc) is 2.22. The van der Waals surface area contributed by atoms with Gasteiger partial charge in [0.1, 0.15) is 0 Å². The quantitative estimate of drug-likeness (QED) is 0.495. The minimum atomic E-state index is -0.124. The minimum absolute atomic E-state index is 0.124. The van der Waals surface area contributed by atoms with Crippen LogP contribution in [0.15, 0.2) is 23.8 Å². The molecule has 0 aromatic heterocycles. The van der Waals surface area contributed by atoms with Crippen molar-refractivity contribution in [3.63, 3.8) is 0 Å². The zero-order valence-electron chi connectivity index (χ0n) is 10.2. The van der Waals surface area contributed by atoms with E-state index in [1.807, 2.05) is 13.0 Å². The van der Waals surface area contributed by atoms with Crippen molar-refractivity contribution < 1.29 is 9.53 Å². The number of ether oxygens (including phenoxy) is 1. The number of rotatable bonds is 6. The zero-order chi connectivity index (χ0) is 11.7. The molecule has 86 valence electrons. The van der Waals surface area contributed by atoms with Gasteiger partial charge in [-0.05, 0) is 20.3 Å². The minimum Gasteiger partial charge on any atom is -0.465 e. The summed E-state index contributed by atoms with van der Waals surface area (Å²) >= 11 is 0. The molecule has 0 spiro atoms. The molecule has 0 rings (SSSR count). The fourth-order valence-electron chi connectivity index (χ4n) is 1.23. The highest BCUT2D eigenvalue weighted by molar-refractivity contribution is 5.68. The summed E-state index contributed by atoms with van der Waals surface area (Å²) in [4.78, 5) is 10.9. The van der Waals surface area contributed by atoms with Gasteiger partial charge in [0.2, 0.25) is 0 Å². The Labute approximate surface area is 93.0 Å². The van der Waals surface area contributed by atoms with E-state index in [0.717, 1.165) is 6.42 Å². The topological polar surface area (TPSA) is 26.3 Å². The van der Waals surface area contributed by atoms with Crippen LogP contribution in [0.5, 0.6) is 0 Å². The maximum atomic E-state index is 10.9. The first-order valence-corrected chi connectivity index (χ1v) is 5.54. The van der Waals surface area contributed by atoms with E-state index in [-0.39, 0.29) is 5.97 Å². The lowest BCUT2D eigenvalue weighted by Gasteiger charge is -2.08. The van der Waals surface area contributed by atoms with Crippen LogP contribution in [0.4, 0.5) is 0 Å². The summed E-state index contributed by atoms with van der Waals surface area (Å²) in [7, 11) is 0. The van der Waals surface area contributed by atoms with E-state index < -0.39 is 0 Å². The molecule has 0 aliphatic heterocycles. The maximum Gasteiger partial charge on any atom is 0.305 e. The Balaban J connectivity index is 3.89. The molecule has 0 aromatic rings. The van der Waals surface area contributed by atoms with Crippen LogP contribution in [0.2, 0.25) is 0 Å². The van der Waals surface area contributed by atoms with Crippen LogP contribution in [-0.2, 0) is 9.53 Å². The van der Waals surface area contributed by atoms with Gasteiger partial charge in [-0.3, -0.25) is 4.79 Å². The van der Waals surface area contributed by atoms with Gasteiger partial charge in [0, 0.05) is 12.3 Å². The highest BCUT2D eigenvalue weighted by atomic mass is 16.5. The van der Waals surface area contributed by atoms with Crippen molar-refractivity contribution >= 4 is 5.97 Å². The van der Waals surface area contributed by atoms with Crippen LogP contribution in [-0.4, -0.2) is 12.6 Å². The third-order valence-corrected chi connectivity index (χ3v) is 2.04. The fraction of sp³-hybridized carbons (Fsp3) is 0.615. The Morgan fingerprint density at radius 1 is 1.47 bits per heavy atom. The largest absolute Gasteiger partial charge is 0.465 e. The van der Waals surface area contributed by atoms with Crippen LogP contribution in [0.3, 0.4) is 0 Å². The van der Waals surface area contributed by atoms with E-state index >= 15 is 0 Å². The fourth-order valence-corrected chi connectivity index (χ4v) is 1.23. The van der Waals surface area contributed by atoms with E-state index in [1.54, 1.807) is 6.92 Å². The second kappa shape index (κ2) is 8.27. The summed E-state index contributed by atoms with van der Waals surface area (Å²) in [5.41, 5.74) is 1.31. The first kappa shape index (κ1) is 13.9.